The van der Waals surface area contributed by atoms with Gasteiger partial charge in [0.15, 0.2) is 0 Å². The van der Waals surface area contributed by atoms with Crippen LogP contribution in [-0.4, -0.2) is 42.1 Å². The number of ether oxygens (including phenoxy) is 1. The van der Waals surface area contributed by atoms with Crippen molar-refractivity contribution < 1.29 is 13.2 Å². The monoisotopic (exact) mass is 453 g/mol. The summed E-state index contributed by atoms with van der Waals surface area (Å²) in [5, 5.41) is 9.99. The second kappa shape index (κ2) is 7.22. The van der Waals surface area contributed by atoms with Crippen molar-refractivity contribution >= 4 is 48.1 Å². The van der Waals surface area contributed by atoms with E-state index < -0.39 is 10.0 Å². The first-order valence-corrected chi connectivity index (χ1v) is 11.2. The molecule has 1 aliphatic rings. The first-order chi connectivity index (χ1) is 12.5. The minimum atomic E-state index is -3.43. The van der Waals surface area contributed by atoms with Crippen LogP contribution in [0.15, 0.2) is 50.6 Å². The Kier molecular flexibility index (Phi) is 4.96. The fraction of sp³-hybridized carbons (Fsp3) is 0.294. The number of aromatic nitrogens is 2. The second-order valence-electron chi connectivity index (χ2n) is 6.02. The maximum atomic E-state index is 12.7. The van der Waals surface area contributed by atoms with E-state index in [2.05, 4.69) is 26.1 Å². The molecular formula is C17H16BrN3O3S2. The van der Waals surface area contributed by atoms with Crippen molar-refractivity contribution in [3.05, 3.63) is 46.4 Å². The summed E-state index contributed by atoms with van der Waals surface area (Å²) < 4.78 is 34.1. The summed E-state index contributed by atoms with van der Waals surface area (Å²) in [7, 11) is -3.43. The zero-order chi connectivity index (χ0) is 18.1. The first kappa shape index (κ1) is 17.8. The molecule has 1 fully saturated rings. The van der Waals surface area contributed by atoms with E-state index in [1.54, 1.807) is 18.3 Å². The van der Waals surface area contributed by atoms with Crippen LogP contribution >= 0.6 is 27.3 Å². The molecule has 4 rings (SSSR count). The number of rotatable bonds is 4. The summed E-state index contributed by atoms with van der Waals surface area (Å²) >= 11 is 4.55. The van der Waals surface area contributed by atoms with E-state index >= 15 is 0 Å². The largest absolute Gasteiger partial charge is 0.473 e. The van der Waals surface area contributed by atoms with Crippen molar-refractivity contribution in [1.82, 2.24) is 14.5 Å². The van der Waals surface area contributed by atoms with Gasteiger partial charge in [-0.05, 0) is 47.0 Å². The normalized spacial score (nSPS) is 16.8. The third-order valence-electron chi connectivity index (χ3n) is 4.36. The van der Waals surface area contributed by atoms with Crippen LogP contribution < -0.4 is 4.74 Å². The van der Waals surface area contributed by atoms with Crippen LogP contribution in [0.3, 0.4) is 0 Å². The van der Waals surface area contributed by atoms with Crippen LogP contribution in [0.1, 0.15) is 12.8 Å². The lowest BCUT2D eigenvalue weighted by molar-refractivity contribution is 0.130. The van der Waals surface area contributed by atoms with Gasteiger partial charge in [0.2, 0.25) is 5.88 Å². The number of thiophene rings is 1. The van der Waals surface area contributed by atoms with Crippen molar-refractivity contribution in [3.8, 4) is 5.88 Å². The molecule has 0 bridgehead atoms. The van der Waals surface area contributed by atoms with Crippen molar-refractivity contribution in [2.45, 2.75) is 23.2 Å². The van der Waals surface area contributed by atoms with Crippen molar-refractivity contribution in [2.24, 2.45) is 0 Å². The first-order valence-electron chi connectivity index (χ1n) is 8.16. The van der Waals surface area contributed by atoms with Gasteiger partial charge in [0.05, 0.1) is 9.98 Å². The molecule has 0 amide bonds. The SMILES string of the molecule is O=S(=O)(c1ccc(Br)s1)N1CCC(Oc2nncc3ccccc23)CC1. The quantitative estimate of drug-likeness (QED) is 0.602. The van der Waals surface area contributed by atoms with Crippen LogP contribution in [0.25, 0.3) is 10.8 Å². The number of sulfonamides is 1. The van der Waals surface area contributed by atoms with Gasteiger partial charge >= 0.3 is 0 Å². The highest BCUT2D eigenvalue weighted by atomic mass is 79.9. The Balaban J connectivity index is 1.45. The predicted molar refractivity (Wildman–Crippen MR) is 104 cm³/mol. The lowest BCUT2D eigenvalue weighted by atomic mass is 10.1. The Morgan fingerprint density at radius 3 is 2.65 bits per heavy atom. The zero-order valence-electron chi connectivity index (χ0n) is 13.7. The zero-order valence-corrected chi connectivity index (χ0v) is 16.9. The molecule has 0 atom stereocenters. The molecule has 2 aromatic heterocycles. The summed E-state index contributed by atoms with van der Waals surface area (Å²) in [4.78, 5) is 0. The van der Waals surface area contributed by atoms with Crippen LogP contribution in [0.5, 0.6) is 5.88 Å². The summed E-state index contributed by atoms with van der Waals surface area (Å²) in [6.45, 7) is 0.863. The summed E-state index contributed by atoms with van der Waals surface area (Å²) in [5.74, 6) is 0.506. The Labute approximate surface area is 164 Å². The molecule has 3 aromatic rings. The Hall–Kier alpha value is -1.55. The molecular weight excluding hydrogens is 438 g/mol. The number of benzene rings is 1. The van der Waals surface area contributed by atoms with Gasteiger partial charge in [0.1, 0.15) is 10.3 Å². The van der Waals surface area contributed by atoms with Gasteiger partial charge in [0.25, 0.3) is 10.0 Å². The number of halogens is 1. The van der Waals surface area contributed by atoms with E-state index in [1.807, 2.05) is 24.3 Å². The van der Waals surface area contributed by atoms with Gasteiger partial charge in [-0.2, -0.15) is 9.40 Å². The fourth-order valence-corrected chi connectivity index (χ4v) is 6.63. The van der Waals surface area contributed by atoms with Gasteiger partial charge in [0, 0.05) is 23.9 Å². The molecule has 9 heteroatoms. The molecule has 0 unspecified atom stereocenters. The molecule has 26 heavy (non-hydrogen) atoms. The Morgan fingerprint density at radius 2 is 1.92 bits per heavy atom. The third-order valence-corrected chi connectivity index (χ3v) is 8.35. The van der Waals surface area contributed by atoms with Crippen LogP contribution in [0.2, 0.25) is 0 Å². The van der Waals surface area contributed by atoms with Gasteiger partial charge in [-0.25, -0.2) is 8.42 Å². The lowest BCUT2D eigenvalue weighted by Crippen LogP contribution is -2.41. The highest BCUT2D eigenvalue weighted by Crippen LogP contribution is 2.31. The molecule has 0 spiro atoms. The van der Waals surface area contributed by atoms with Crippen molar-refractivity contribution in [2.75, 3.05) is 13.1 Å². The number of piperidine rings is 1. The smallest absolute Gasteiger partial charge is 0.252 e. The molecule has 1 aromatic carbocycles. The molecule has 3 heterocycles. The molecule has 136 valence electrons. The molecule has 0 saturated carbocycles. The van der Waals surface area contributed by atoms with Gasteiger partial charge in [-0.3, -0.25) is 0 Å². The highest BCUT2D eigenvalue weighted by Gasteiger charge is 2.31. The molecule has 0 N–H and O–H groups in total. The fourth-order valence-electron chi connectivity index (χ4n) is 3.00. The van der Waals surface area contributed by atoms with Crippen LogP contribution in [0.4, 0.5) is 0 Å². The standard InChI is InChI=1S/C17H16BrN3O3S2/c18-15-5-6-16(25-15)26(22,23)21-9-7-13(8-10-21)24-17-14-4-2-1-3-12(14)11-19-20-17/h1-6,11,13H,7-10H2. The average molecular weight is 454 g/mol. The highest BCUT2D eigenvalue weighted by molar-refractivity contribution is 9.11. The third kappa shape index (κ3) is 3.48. The Bertz CT molecular complexity index is 1030. The van der Waals surface area contributed by atoms with E-state index in [1.165, 1.54) is 15.6 Å². The average Bonchev–Trinajstić information content (AvgIpc) is 3.10. The molecule has 6 nitrogen and oxygen atoms in total. The maximum absolute atomic E-state index is 12.7. The lowest BCUT2D eigenvalue weighted by Gasteiger charge is -2.30. The van der Waals surface area contributed by atoms with Gasteiger partial charge in [-0.15, -0.1) is 16.4 Å². The molecule has 0 radical (unpaired) electrons. The summed E-state index contributed by atoms with van der Waals surface area (Å²) in [6.07, 6.45) is 2.88. The van der Waals surface area contributed by atoms with Crippen LogP contribution in [0, 0.1) is 0 Å². The second-order valence-corrected chi connectivity index (χ2v) is 10.6. The predicted octanol–water partition coefficient (Wildman–Crippen LogP) is 3.69. The van der Waals surface area contributed by atoms with Crippen LogP contribution in [-0.2, 0) is 10.0 Å². The Morgan fingerprint density at radius 1 is 1.15 bits per heavy atom. The summed E-state index contributed by atoms with van der Waals surface area (Å²) in [6, 6.07) is 11.2. The molecule has 0 aliphatic carbocycles. The number of nitrogens with zero attached hydrogens (tertiary/aromatic N) is 3. The van der Waals surface area contributed by atoms with E-state index in [-0.39, 0.29) is 6.10 Å². The van der Waals surface area contributed by atoms with E-state index in [4.69, 9.17) is 4.74 Å². The van der Waals surface area contributed by atoms with Gasteiger partial charge in [-0.1, -0.05) is 18.2 Å². The molecule has 1 saturated heterocycles. The minimum Gasteiger partial charge on any atom is -0.473 e. The van der Waals surface area contributed by atoms with Crippen molar-refractivity contribution in [3.63, 3.8) is 0 Å². The molecule has 1 aliphatic heterocycles. The summed E-state index contributed by atoms with van der Waals surface area (Å²) in [5.41, 5.74) is 0. The van der Waals surface area contributed by atoms with Gasteiger partial charge < -0.3 is 4.74 Å². The van der Waals surface area contributed by atoms with Crippen molar-refractivity contribution in [1.29, 1.82) is 0 Å². The number of hydrogen-bond acceptors (Lipinski definition) is 6. The maximum Gasteiger partial charge on any atom is 0.252 e. The minimum absolute atomic E-state index is 0.0726. The number of fused-ring (bicyclic) bond motifs is 1. The topological polar surface area (TPSA) is 72.4 Å². The van der Waals surface area contributed by atoms with E-state index in [0.29, 0.717) is 36.0 Å². The van der Waals surface area contributed by atoms with E-state index in [0.717, 1.165) is 14.6 Å². The number of hydrogen-bond donors (Lipinski definition) is 0. The van der Waals surface area contributed by atoms with E-state index in [9.17, 15) is 8.42 Å².